The normalized spacial score (nSPS) is 16.2. The number of ether oxygens (including phenoxy) is 3. The summed E-state index contributed by atoms with van der Waals surface area (Å²) in [6.07, 6.45) is 5.23. The van der Waals surface area contributed by atoms with Crippen LogP contribution >= 0.6 is 11.8 Å². The average molecular weight is 453 g/mol. The number of nitrogens with zero attached hydrogens (tertiary/aromatic N) is 2. The molecule has 3 aromatic rings. The van der Waals surface area contributed by atoms with Gasteiger partial charge in [0.25, 0.3) is 5.79 Å². The second kappa shape index (κ2) is 8.74. The molecule has 0 atom stereocenters. The van der Waals surface area contributed by atoms with Crippen LogP contribution in [0.25, 0.3) is 11.4 Å². The first-order chi connectivity index (χ1) is 15.6. The number of H-pyrrole nitrogens is 1. The lowest BCUT2D eigenvalue weighted by molar-refractivity contribution is -0.113. The minimum absolute atomic E-state index is 0.142. The minimum Gasteiger partial charge on any atom is -0.497 e. The van der Waals surface area contributed by atoms with E-state index in [2.05, 4.69) is 20.5 Å². The number of hydrogen-bond acceptors (Lipinski definition) is 7. The van der Waals surface area contributed by atoms with Crippen LogP contribution in [0.4, 0.5) is 5.69 Å². The molecule has 1 aliphatic heterocycles. The van der Waals surface area contributed by atoms with E-state index < -0.39 is 5.79 Å². The third kappa shape index (κ3) is 4.38. The van der Waals surface area contributed by atoms with E-state index in [-0.39, 0.29) is 11.7 Å². The molecule has 0 saturated heterocycles. The third-order valence-corrected chi connectivity index (χ3v) is 6.44. The van der Waals surface area contributed by atoms with Gasteiger partial charge in [-0.1, -0.05) is 18.2 Å². The molecule has 1 amide bonds. The maximum absolute atomic E-state index is 12.4. The van der Waals surface area contributed by atoms with Crippen molar-refractivity contribution in [3.05, 3.63) is 42.5 Å². The fourth-order valence-corrected chi connectivity index (χ4v) is 4.58. The Morgan fingerprint density at radius 2 is 1.91 bits per heavy atom. The number of aromatic nitrogens is 3. The van der Waals surface area contributed by atoms with E-state index in [1.54, 1.807) is 7.11 Å². The Kier molecular flexibility index (Phi) is 5.65. The SMILES string of the molecule is COc1ccc(-c2nc(SCC(=O)Nc3ccc4c(c3)OC3(CCCCC3)O4)n[nH]2)cc1. The van der Waals surface area contributed by atoms with Crippen molar-refractivity contribution in [2.45, 2.75) is 43.0 Å². The van der Waals surface area contributed by atoms with Gasteiger partial charge < -0.3 is 19.5 Å². The Balaban J connectivity index is 1.16. The Labute approximate surface area is 190 Å². The van der Waals surface area contributed by atoms with Crippen LogP contribution in [0.15, 0.2) is 47.6 Å². The summed E-state index contributed by atoms with van der Waals surface area (Å²) in [5.74, 6) is 2.38. The van der Waals surface area contributed by atoms with Crippen molar-refractivity contribution >= 4 is 23.4 Å². The van der Waals surface area contributed by atoms with E-state index in [4.69, 9.17) is 14.2 Å². The van der Waals surface area contributed by atoms with Crippen molar-refractivity contribution in [3.8, 4) is 28.6 Å². The molecule has 1 aromatic heterocycles. The molecule has 0 unspecified atom stereocenters. The molecule has 32 heavy (non-hydrogen) atoms. The number of carbonyl (C=O) groups excluding carboxylic acids is 1. The first kappa shape index (κ1) is 20.7. The van der Waals surface area contributed by atoms with E-state index in [1.807, 2.05) is 42.5 Å². The van der Waals surface area contributed by atoms with Crippen LogP contribution in [-0.2, 0) is 4.79 Å². The lowest BCUT2D eigenvalue weighted by atomic mass is 9.94. The van der Waals surface area contributed by atoms with Gasteiger partial charge in [-0.3, -0.25) is 9.89 Å². The summed E-state index contributed by atoms with van der Waals surface area (Å²) in [5, 5.41) is 10.5. The summed E-state index contributed by atoms with van der Waals surface area (Å²) in [6, 6.07) is 13.0. The number of hydrogen-bond donors (Lipinski definition) is 2. The zero-order valence-electron chi connectivity index (χ0n) is 17.7. The number of anilines is 1. The maximum atomic E-state index is 12.4. The van der Waals surface area contributed by atoms with Gasteiger partial charge in [0.1, 0.15) is 5.75 Å². The Morgan fingerprint density at radius 1 is 1.12 bits per heavy atom. The summed E-state index contributed by atoms with van der Waals surface area (Å²) in [6.45, 7) is 0. The van der Waals surface area contributed by atoms with Crippen LogP contribution < -0.4 is 19.5 Å². The molecule has 1 aliphatic carbocycles. The third-order valence-electron chi connectivity index (χ3n) is 5.60. The van der Waals surface area contributed by atoms with Gasteiger partial charge in [-0.2, -0.15) is 0 Å². The van der Waals surface area contributed by atoms with Gasteiger partial charge in [0.05, 0.1) is 12.9 Å². The first-order valence-electron chi connectivity index (χ1n) is 10.6. The van der Waals surface area contributed by atoms with Gasteiger partial charge in [0, 0.05) is 30.2 Å². The standard InChI is InChI=1S/C23H24N4O4S/c1-29-17-8-5-15(6-9-17)21-25-22(27-26-21)32-14-20(28)24-16-7-10-18-19(13-16)31-23(30-18)11-3-2-4-12-23/h5-10,13H,2-4,11-12,14H2,1H3,(H,24,28)(H,25,26,27). The van der Waals surface area contributed by atoms with Crippen LogP contribution in [-0.4, -0.2) is 39.7 Å². The second-order valence-electron chi connectivity index (χ2n) is 7.87. The summed E-state index contributed by atoms with van der Waals surface area (Å²) in [5.41, 5.74) is 1.57. The molecule has 5 rings (SSSR count). The fraction of sp³-hybridized carbons (Fsp3) is 0.348. The lowest BCUT2D eigenvalue weighted by Gasteiger charge is -2.31. The minimum atomic E-state index is -0.522. The highest BCUT2D eigenvalue weighted by Gasteiger charge is 2.42. The number of amides is 1. The van der Waals surface area contributed by atoms with Gasteiger partial charge in [-0.15, -0.1) is 5.10 Å². The van der Waals surface area contributed by atoms with Gasteiger partial charge in [-0.05, 0) is 49.2 Å². The van der Waals surface area contributed by atoms with Crippen LogP contribution in [0, 0.1) is 0 Å². The molecular formula is C23H24N4O4S. The molecule has 2 heterocycles. The molecule has 2 aliphatic rings. The van der Waals surface area contributed by atoms with Crippen molar-refractivity contribution in [2.75, 3.05) is 18.2 Å². The average Bonchev–Trinajstić information content (AvgIpc) is 3.42. The van der Waals surface area contributed by atoms with Gasteiger partial charge >= 0.3 is 0 Å². The molecule has 1 fully saturated rings. The topological polar surface area (TPSA) is 98.4 Å². The molecule has 0 radical (unpaired) electrons. The lowest BCUT2D eigenvalue weighted by Crippen LogP contribution is -2.40. The summed E-state index contributed by atoms with van der Waals surface area (Å²) >= 11 is 1.27. The molecular weight excluding hydrogens is 428 g/mol. The van der Waals surface area contributed by atoms with E-state index in [0.29, 0.717) is 22.4 Å². The van der Waals surface area contributed by atoms with Crippen molar-refractivity contribution in [2.24, 2.45) is 0 Å². The highest BCUT2D eigenvalue weighted by atomic mass is 32.2. The number of rotatable bonds is 6. The van der Waals surface area contributed by atoms with Crippen LogP contribution in [0.5, 0.6) is 17.2 Å². The number of nitrogens with one attached hydrogen (secondary N) is 2. The maximum Gasteiger partial charge on any atom is 0.251 e. The van der Waals surface area contributed by atoms with E-state index >= 15 is 0 Å². The van der Waals surface area contributed by atoms with Gasteiger partial charge in [0.15, 0.2) is 17.3 Å². The predicted molar refractivity (Wildman–Crippen MR) is 121 cm³/mol. The highest BCUT2D eigenvalue weighted by molar-refractivity contribution is 7.99. The highest BCUT2D eigenvalue weighted by Crippen LogP contribution is 2.46. The predicted octanol–water partition coefficient (Wildman–Crippen LogP) is 4.64. The summed E-state index contributed by atoms with van der Waals surface area (Å²) < 4.78 is 17.4. The zero-order valence-corrected chi connectivity index (χ0v) is 18.5. The van der Waals surface area contributed by atoms with E-state index in [9.17, 15) is 4.79 Å². The molecule has 0 bridgehead atoms. The van der Waals surface area contributed by atoms with Crippen molar-refractivity contribution in [1.29, 1.82) is 0 Å². The second-order valence-corrected chi connectivity index (χ2v) is 8.81. The smallest absolute Gasteiger partial charge is 0.251 e. The quantitative estimate of drug-likeness (QED) is 0.526. The molecule has 9 heteroatoms. The van der Waals surface area contributed by atoms with Crippen molar-refractivity contribution in [3.63, 3.8) is 0 Å². The monoisotopic (exact) mass is 452 g/mol. The summed E-state index contributed by atoms with van der Waals surface area (Å²) in [4.78, 5) is 16.9. The first-order valence-corrected chi connectivity index (χ1v) is 11.6. The van der Waals surface area contributed by atoms with Gasteiger partial charge in [0.2, 0.25) is 11.1 Å². The number of fused-ring (bicyclic) bond motifs is 1. The molecule has 166 valence electrons. The number of methoxy groups -OCH3 is 1. The zero-order chi connectivity index (χ0) is 22.0. The largest absolute Gasteiger partial charge is 0.497 e. The number of benzene rings is 2. The van der Waals surface area contributed by atoms with Crippen LogP contribution in [0.1, 0.15) is 32.1 Å². The Morgan fingerprint density at radius 3 is 2.69 bits per heavy atom. The molecule has 8 nitrogen and oxygen atoms in total. The van der Waals surface area contributed by atoms with Crippen LogP contribution in [0.2, 0.25) is 0 Å². The number of aromatic amines is 1. The van der Waals surface area contributed by atoms with Gasteiger partial charge in [-0.25, -0.2) is 4.98 Å². The Hall–Kier alpha value is -3.20. The van der Waals surface area contributed by atoms with Crippen LogP contribution in [0.3, 0.4) is 0 Å². The fourth-order valence-electron chi connectivity index (χ4n) is 3.98. The van der Waals surface area contributed by atoms with Crippen molar-refractivity contribution < 1.29 is 19.0 Å². The number of carbonyl (C=O) groups is 1. The van der Waals surface area contributed by atoms with Crippen molar-refractivity contribution in [1.82, 2.24) is 15.2 Å². The molecule has 1 saturated carbocycles. The molecule has 2 N–H and O–H groups in total. The van der Waals surface area contributed by atoms with E-state index in [1.165, 1.54) is 18.2 Å². The summed E-state index contributed by atoms with van der Waals surface area (Å²) in [7, 11) is 1.63. The molecule has 2 aromatic carbocycles. The Bertz CT molecular complexity index is 1110. The van der Waals surface area contributed by atoms with E-state index in [0.717, 1.165) is 42.7 Å². The molecule has 1 spiro atoms. The number of thioether (sulfide) groups is 1.